The minimum absolute atomic E-state index is 0.727. The Morgan fingerprint density at radius 3 is 2.82 bits per heavy atom. The molecule has 11 heavy (non-hydrogen) atoms. The molecule has 0 aromatic carbocycles. The van der Waals surface area contributed by atoms with Crippen LogP contribution in [0.4, 0.5) is 0 Å². The van der Waals surface area contributed by atoms with Crippen LogP contribution in [0.15, 0.2) is 5.16 Å². The van der Waals surface area contributed by atoms with Crippen molar-refractivity contribution in [1.29, 1.82) is 0 Å². The average molecular weight is 156 g/mol. The van der Waals surface area contributed by atoms with E-state index in [1.165, 1.54) is 25.9 Å². The molecular formula is C8H16N2O. The van der Waals surface area contributed by atoms with Crippen LogP contribution in [0.25, 0.3) is 0 Å². The van der Waals surface area contributed by atoms with Crippen molar-refractivity contribution < 1.29 is 4.84 Å². The van der Waals surface area contributed by atoms with Gasteiger partial charge in [0, 0.05) is 12.8 Å². The number of likely N-dealkylation sites (tertiary alicyclic amines) is 1. The molecule has 1 aliphatic rings. The van der Waals surface area contributed by atoms with Crippen molar-refractivity contribution in [2.75, 3.05) is 26.2 Å². The van der Waals surface area contributed by atoms with Crippen LogP contribution in [-0.2, 0) is 4.84 Å². The smallest absolute Gasteiger partial charge is 0.129 e. The summed E-state index contributed by atoms with van der Waals surface area (Å²) in [6.07, 6.45) is 4.36. The first kappa shape index (κ1) is 8.53. The van der Waals surface area contributed by atoms with E-state index in [4.69, 9.17) is 4.84 Å². The summed E-state index contributed by atoms with van der Waals surface area (Å²) >= 11 is 0. The lowest BCUT2D eigenvalue weighted by Gasteiger charge is -2.12. The molecule has 3 heteroatoms. The highest BCUT2D eigenvalue weighted by Crippen LogP contribution is 2.05. The van der Waals surface area contributed by atoms with Crippen molar-refractivity contribution in [2.45, 2.75) is 19.8 Å². The van der Waals surface area contributed by atoms with E-state index in [0.717, 1.165) is 13.2 Å². The van der Waals surface area contributed by atoms with Crippen LogP contribution in [0.5, 0.6) is 0 Å². The zero-order valence-electron chi connectivity index (χ0n) is 7.12. The molecule has 1 saturated heterocycles. The highest BCUT2D eigenvalue weighted by atomic mass is 16.6. The SMILES string of the molecule is CC=NOCCN1CCCC1. The van der Waals surface area contributed by atoms with Gasteiger partial charge >= 0.3 is 0 Å². The van der Waals surface area contributed by atoms with Crippen molar-refractivity contribution >= 4 is 6.21 Å². The highest BCUT2D eigenvalue weighted by molar-refractivity contribution is 5.52. The van der Waals surface area contributed by atoms with E-state index in [9.17, 15) is 0 Å². The van der Waals surface area contributed by atoms with Gasteiger partial charge in [-0.1, -0.05) is 5.16 Å². The minimum Gasteiger partial charge on any atom is -0.395 e. The molecule has 0 saturated carbocycles. The fraction of sp³-hybridized carbons (Fsp3) is 0.875. The van der Waals surface area contributed by atoms with E-state index in [0.29, 0.717) is 0 Å². The van der Waals surface area contributed by atoms with Crippen molar-refractivity contribution in [3.05, 3.63) is 0 Å². The largest absolute Gasteiger partial charge is 0.395 e. The molecule has 0 aromatic heterocycles. The Hall–Kier alpha value is -0.570. The lowest BCUT2D eigenvalue weighted by atomic mass is 10.4. The van der Waals surface area contributed by atoms with Crippen LogP contribution in [0.3, 0.4) is 0 Å². The number of hydrogen-bond donors (Lipinski definition) is 0. The first-order valence-electron chi connectivity index (χ1n) is 4.26. The van der Waals surface area contributed by atoms with Gasteiger partial charge in [0.1, 0.15) is 6.61 Å². The standard InChI is InChI=1S/C8H16N2O/c1-2-9-11-8-7-10-5-3-4-6-10/h2H,3-8H2,1H3. The Kier molecular flexibility index (Phi) is 3.98. The van der Waals surface area contributed by atoms with Crippen LogP contribution < -0.4 is 0 Å². The maximum atomic E-state index is 4.97. The first-order chi connectivity index (χ1) is 5.43. The fourth-order valence-electron chi connectivity index (χ4n) is 1.30. The minimum atomic E-state index is 0.727. The third kappa shape index (κ3) is 3.37. The molecule has 0 unspecified atom stereocenters. The van der Waals surface area contributed by atoms with Crippen molar-refractivity contribution in [1.82, 2.24) is 4.90 Å². The summed E-state index contributed by atoms with van der Waals surface area (Å²) in [5.41, 5.74) is 0. The molecule has 0 N–H and O–H groups in total. The Balaban J connectivity index is 1.93. The van der Waals surface area contributed by atoms with Crippen LogP contribution in [0, 0.1) is 0 Å². The van der Waals surface area contributed by atoms with Gasteiger partial charge in [-0.05, 0) is 32.9 Å². The van der Waals surface area contributed by atoms with Crippen LogP contribution in [-0.4, -0.2) is 37.4 Å². The molecule has 64 valence electrons. The molecule has 0 aromatic rings. The average Bonchev–Trinajstić information content (AvgIpc) is 2.50. The molecule has 1 heterocycles. The van der Waals surface area contributed by atoms with E-state index in [2.05, 4.69) is 10.1 Å². The molecule has 0 bridgehead atoms. The predicted molar refractivity (Wildman–Crippen MR) is 45.8 cm³/mol. The second kappa shape index (κ2) is 5.13. The number of hydrogen-bond acceptors (Lipinski definition) is 3. The molecule has 0 radical (unpaired) electrons. The molecule has 0 atom stereocenters. The van der Waals surface area contributed by atoms with E-state index in [-0.39, 0.29) is 0 Å². The van der Waals surface area contributed by atoms with Crippen molar-refractivity contribution in [3.8, 4) is 0 Å². The Labute approximate surface area is 68.0 Å². The summed E-state index contributed by atoms with van der Waals surface area (Å²) in [7, 11) is 0. The van der Waals surface area contributed by atoms with Gasteiger partial charge in [-0.2, -0.15) is 0 Å². The molecule has 1 rings (SSSR count). The number of rotatable bonds is 4. The maximum absolute atomic E-state index is 4.97. The fourth-order valence-corrected chi connectivity index (χ4v) is 1.30. The molecule has 3 nitrogen and oxygen atoms in total. The van der Waals surface area contributed by atoms with Gasteiger partial charge in [-0.15, -0.1) is 0 Å². The topological polar surface area (TPSA) is 24.8 Å². The summed E-state index contributed by atoms with van der Waals surface area (Å²) in [5.74, 6) is 0. The van der Waals surface area contributed by atoms with Gasteiger partial charge in [0.25, 0.3) is 0 Å². The third-order valence-corrected chi connectivity index (χ3v) is 1.88. The zero-order valence-corrected chi connectivity index (χ0v) is 7.12. The number of oxime groups is 1. The van der Waals surface area contributed by atoms with E-state index in [1.54, 1.807) is 6.21 Å². The van der Waals surface area contributed by atoms with E-state index in [1.807, 2.05) is 6.92 Å². The van der Waals surface area contributed by atoms with E-state index < -0.39 is 0 Å². The van der Waals surface area contributed by atoms with Crippen molar-refractivity contribution in [2.24, 2.45) is 5.16 Å². The summed E-state index contributed by atoms with van der Waals surface area (Å²) in [4.78, 5) is 7.38. The summed E-state index contributed by atoms with van der Waals surface area (Å²) in [6.45, 7) is 6.08. The Bertz CT molecular complexity index is 119. The second-order valence-corrected chi connectivity index (χ2v) is 2.75. The second-order valence-electron chi connectivity index (χ2n) is 2.75. The third-order valence-electron chi connectivity index (χ3n) is 1.88. The van der Waals surface area contributed by atoms with Gasteiger partial charge in [-0.25, -0.2) is 0 Å². The molecule has 0 amide bonds. The normalized spacial score (nSPS) is 19.7. The highest BCUT2D eigenvalue weighted by Gasteiger charge is 2.10. The van der Waals surface area contributed by atoms with Gasteiger partial charge in [0.05, 0.1) is 0 Å². The van der Waals surface area contributed by atoms with Gasteiger partial charge in [-0.3, -0.25) is 4.90 Å². The molecule has 0 aliphatic carbocycles. The first-order valence-corrected chi connectivity index (χ1v) is 4.26. The lowest BCUT2D eigenvalue weighted by molar-refractivity contribution is 0.120. The van der Waals surface area contributed by atoms with Crippen molar-refractivity contribution in [3.63, 3.8) is 0 Å². The lowest BCUT2D eigenvalue weighted by Crippen LogP contribution is -2.23. The van der Waals surface area contributed by atoms with Gasteiger partial charge in [0.2, 0.25) is 0 Å². The molecule has 1 aliphatic heterocycles. The Morgan fingerprint density at radius 1 is 1.45 bits per heavy atom. The Morgan fingerprint density at radius 2 is 2.18 bits per heavy atom. The van der Waals surface area contributed by atoms with Gasteiger partial charge in [0.15, 0.2) is 0 Å². The molecule has 1 fully saturated rings. The molecule has 0 spiro atoms. The van der Waals surface area contributed by atoms with Crippen LogP contribution in [0.1, 0.15) is 19.8 Å². The van der Waals surface area contributed by atoms with Gasteiger partial charge < -0.3 is 4.84 Å². The predicted octanol–water partition coefficient (Wildman–Crippen LogP) is 1.10. The number of nitrogens with zero attached hydrogens (tertiary/aromatic N) is 2. The maximum Gasteiger partial charge on any atom is 0.129 e. The van der Waals surface area contributed by atoms with Crippen LogP contribution >= 0.6 is 0 Å². The zero-order chi connectivity index (χ0) is 7.94. The van der Waals surface area contributed by atoms with Crippen LogP contribution in [0.2, 0.25) is 0 Å². The quantitative estimate of drug-likeness (QED) is 0.346. The monoisotopic (exact) mass is 156 g/mol. The summed E-state index contributed by atoms with van der Waals surface area (Å²) < 4.78 is 0. The summed E-state index contributed by atoms with van der Waals surface area (Å²) in [6, 6.07) is 0. The summed E-state index contributed by atoms with van der Waals surface area (Å²) in [5, 5.41) is 3.68. The molecular weight excluding hydrogens is 140 g/mol. The van der Waals surface area contributed by atoms with E-state index >= 15 is 0 Å².